The number of nitrogens with zero attached hydrogens (tertiary/aromatic N) is 2. The molecule has 84 valence electrons. The Morgan fingerprint density at radius 2 is 1.88 bits per heavy atom. The van der Waals surface area contributed by atoms with Gasteiger partial charge in [-0.3, -0.25) is 0 Å². The van der Waals surface area contributed by atoms with E-state index in [2.05, 4.69) is 18.0 Å². The van der Waals surface area contributed by atoms with E-state index in [1.807, 2.05) is 24.3 Å². The Balaban J connectivity index is 2.19. The van der Waals surface area contributed by atoms with Crippen LogP contribution in [0.15, 0.2) is 24.3 Å². The zero-order valence-corrected chi connectivity index (χ0v) is 9.82. The molecule has 0 aromatic heterocycles. The summed E-state index contributed by atoms with van der Waals surface area (Å²) in [5.74, 6) is 0. The number of anilines is 1. The number of benzene rings is 1. The summed E-state index contributed by atoms with van der Waals surface area (Å²) in [4.78, 5) is 2.29. The molecule has 0 atom stereocenters. The van der Waals surface area contributed by atoms with Crippen molar-refractivity contribution in [3.8, 4) is 6.07 Å². The lowest BCUT2D eigenvalue weighted by molar-refractivity contribution is 0.427. The molecule has 0 heterocycles. The highest BCUT2D eigenvalue weighted by Crippen LogP contribution is 2.27. The van der Waals surface area contributed by atoms with Gasteiger partial charge in [0, 0.05) is 13.1 Å². The van der Waals surface area contributed by atoms with Gasteiger partial charge in [-0.15, -0.1) is 0 Å². The summed E-state index contributed by atoms with van der Waals surface area (Å²) < 4.78 is 0. The predicted octanol–water partition coefficient (Wildman–Crippen LogP) is 3.33. The van der Waals surface area contributed by atoms with E-state index < -0.39 is 0 Å². The van der Waals surface area contributed by atoms with Crippen LogP contribution in [0, 0.1) is 11.3 Å². The van der Waals surface area contributed by atoms with Crippen LogP contribution in [0.4, 0.5) is 5.69 Å². The fraction of sp³-hybridized carbons (Fsp3) is 0.500. The van der Waals surface area contributed by atoms with Crippen LogP contribution in [0.2, 0.25) is 0 Å². The minimum absolute atomic E-state index is 0.614. The molecule has 0 unspecified atom stereocenters. The Bertz CT molecular complexity index is 386. The van der Waals surface area contributed by atoms with E-state index in [0.29, 0.717) is 6.04 Å². The highest BCUT2D eigenvalue weighted by molar-refractivity contribution is 5.59. The van der Waals surface area contributed by atoms with Crippen LogP contribution in [0.1, 0.15) is 37.7 Å². The molecule has 2 rings (SSSR count). The molecule has 1 aliphatic carbocycles. The Hall–Kier alpha value is -1.49. The lowest BCUT2D eigenvalue weighted by Gasteiger charge is -2.33. The molecule has 0 amide bonds. The summed E-state index contributed by atoms with van der Waals surface area (Å²) in [6, 6.07) is 10.8. The van der Waals surface area contributed by atoms with Crippen LogP contribution in [0.5, 0.6) is 0 Å². The molecule has 0 N–H and O–H groups in total. The molecule has 1 aromatic rings. The maximum atomic E-state index is 9.09. The van der Waals surface area contributed by atoms with E-state index >= 15 is 0 Å². The first kappa shape index (κ1) is 11.0. The molecule has 0 bridgehead atoms. The van der Waals surface area contributed by atoms with Gasteiger partial charge in [0.05, 0.1) is 11.3 Å². The van der Waals surface area contributed by atoms with Gasteiger partial charge < -0.3 is 4.90 Å². The van der Waals surface area contributed by atoms with Gasteiger partial charge in [0.1, 0.15) is 6.07 Å². The van der Waals surface area contributed by atoms with Crippen molar-refractivity contribution in [3.05, 3.63) is 29.8 Å². The fourth-order valence-corrected chi connectivity index (χ4v) is 2.54. The van der Waals surface area contributed by atoms with Crippen molar-refractivity contribution in [3.63, 3.8) is 0 Å². The minimum atomic E-state index is 0.614. The molecule has 1 fully saturated rings. The Morgan fingerprint density at radius 1 is 1.19 bits per heavy atom. The molecule has 0 aliphatic heterocycles. The largest absolute Gasteiger partial charge is 0.371 e. The van der Waals surface area contributed by atoms with E-state index in [9.17, 15) is 0 Å². The van der Waals surface area contributed by atoms with Crippen molar-refractivity contribution in [2.75, 3.05) is 11.9 Å². The SMILES string of the molecule is CN(c1ccccc1C#N)C1CCCCC1. The van der Waals surface area contributed by atoms with Crippen LogP contribution < -0.4 is 4.90 Å². The van der Waals surface area contributed by atoms with Crippen molar-refractivity contribution in [1.29, 1.82) is 5.26 Å². The van der Waals surface area contributed by atoms with Crippen molar-refractivity contribution < 1.29 is 0 Å². The summed E-state index contributed by atoms with van der Waals surface area (Å²) >= 11 is 0. The second-order valence-electron chi connectivity index (χ2n) is 4.53. The van der Waals surface area contributed by atoms with Crippen molar-refractivity contribution in [2.45, 2.75) is 38.1 Å². The van der Waals surface area contributed by atoms with Crippen LogP contribution >= 0.6 is 0 Å². The highest BCUT2D eigenvalue weighted by atomic mass is 15.1. The zero-order valence-electron chi connectivity index (χ0n) is 9.82. The maximum absolute atomic E-state index is 9.09. The molecule has 0 radical (unpaired) electrons. The number of nitriles is 1. The van der Waals surface area contributed by atoms with Gasteiger partial charge in [0.15, 0.2) is 0 Å². The normalized spacial score (nSPS) is 16.8. The average molecular weight is 214 g/mol. The zero-order chi connectivity index (χ0) is 11.4. The monoisotopic (exact) mass is 214 g/mol. The summed E-state index contributed by atoms with van der Waals surface area (Å²) in [7, 11) is 2.12. The van der Waals surface area contributed by atoms with Gasteiger partial charge in [-0.2, -0.15) is 5.26 Å². The van der Waals surface area contributed by atoms with Crippen molar-refractivity contribution in [2.24, 2.45) is 0 Å². The quantitative estimate of drug-likeness (QED) is 0.755. The standard InChI is InChI=1S/C14H18N2/c1-16(13-8-3-2-4-9-13)14-10-6-5-7-12(14)11-15/h5-7,10,13H,2-4,8-9H2,1H3. The highest BCUT2D eigenvalue weighted by Gasteiger charge is 2.19. The summed E-state index contributed by atoms with van der Waals surface area (Å²) in [6.07, 6.45) is 6.53. The number of hydrogen-bond donors (Lipinski definition) is 0. The van der Waals surface area contributed by atoms with Gasteiger partial charge in [-0.1, -0.05) is 31.4 Å². The second kappa shape index (κ2) is 5.03. The smallest absolute Gasteiger partial charge is 0.101 e. The second-order valence-corrected chi connectivity index (χ2v) is 4.53. The minimum Gasteiger partial charge on any atom is -0.371 e. The molecular formula is C14H18N2. The summed E-state index contributed by atoms with van der Waals surface area (Å²) in [5, 5.41) is 9.09. The predicted molar refractivity (Wildman–Crippen MR) is 66.4 cm³/mol. The Kier molecular flexibility index (Phi) is 3.46. The molecule has 2 nitrogen and oxygen atoms in total. The lowest BCUT2D eigenvalue weighted by atomic mass is 9.94. The van der Waals surface area contributed by atoms with E-state index in [1.54, 1.807) is 0 Å². The first-order valence-electron chi connectivity index (χ1n) is 6.05. The average Bonchev–Trinajstić information content (AvgIpc) is 2.39. The van der Waals surface area contributed by atoms with Gasteiger partial charge in [0.2, 0.25) is 0 Å². The molecule has 1 saturated carbocycles. The van der Waals surface area contributed by atoms with Gasteiger partial charge >= 0.3 is 0 Å². The number of para-hydroxylation sites is 1. The Morgan fingerprint density at radius 3 is 2.56 bits per heavy atom. The van der Waals surface area contributed by atoms with Crippen LogP contribution in [-0.4, -0.2) is 13.1 Å². The third kappa shape index (κ3) is 2.19. The van der Waals surface area contributed by atoms with E-state index in [1.165, 1.54) is 32.1 Å². The van der Waals surface area contributed by atoms with Crippen LogP contribution in [0.3, 0.4) is 0 Å². The van der Waals surface area contributed by atoms with E-state index in [0.717, 1.165) is 11.3 Å². The lowest BCUT2D eigenvalue weighted by Crippen LogP contribution is -2.33. The molecule has 1 aliphatic rings. The van der Waals surface area contributed by atoms with Crippen LogP contribution in [0.25, 0.3) is 0 Å². The van der Waals surface area contributed by atoms with Crippen molar-refractivity contribution in [1.82, 2.24) is 0 Å². The third-order valence-electron chi connectivity index (χ3n) is 3.53. The first-order chi connectivity index (χ1) is 7.83. The summed E-state index contributed by atoms with van der Waals surface area (Å²) in [6.45, 7) is 0. The number of hydrogen-bond acceptors (Lipinski definition) is 2. The maximum Gasteiger partial charge on any atom is 0.101 e. The Labute approximate surface area is 97.5 Å². The molecule has 16 heavy (non-hydrogen) atoms. The molecule has 1 aromatic carbocycles. The molecular weight excluding hydrogens is 196 g/mol. The van der Waals surface area contributed by atoms with Crippen LogP contribution in [-0.2, 0) is 0 Å². The van der Waals surface area contributed by atoms with Gasteiger partial charge in [0.25, 0.3) is 0 Å². The molecule has 0 spiro atoms. The van der Waals surface area contributed by atoms with E-state index in [4.69, 9.17) is 5.26 Å². The summed E-state index contributed by atoms with van der Waals surface area (Å²) in [5.41, 5.74) is 1.87. The van der Waals surface area contributed by atoms with E-state index in [-0.39, 0.29) is 0 Å². The third-order valence-corrected chi connectivity index (χ3v) is 3.53. The van der Waals surface area contributed by atoms with Gasteiger partial charge in [-0.25, -0.2) is 0 Å². The number of rotatable bonds is 2. The molecule has 2 heteroatoms. The van der Waals surface area contributed by atoms with Gasteiger partial charge in [-0.05, 0) is 25.0 Å². The molecule has 0 saturated heterocycles. The fourth-order valence-electron chi connectivity index (χ4n) is 2.54. The first-order valence-corrected chi connectivity index (χ1v) is 6.05. The van der Waals surface area contributed by atoms with Crippen molar-refractivity contribution >= 4 is 5.69 Å². The topological polar surface area (TPSA) is 27.0 Å².